The van der Waals surface area contributed by atoms with E-state index in [9.17, 15) is 0 Å². The van der Waals surface area contributed by atoms with E-state index in [4.69, 9.17) is 20.9 Å². The molecule has 4 aromatic carbocycles. The van der Waals surface area contributed by atoms with Crippen LogP contribution in [0.5, 0.6) is 11.5 Å². The quantitative estimate of drug-likeness (QED) is 0.340. The fourth-order valence-electron chi connectivity index (χ4n) is 3.29. The summed E-state index contributed by atoms with van der Waals surface area (Å²) < 4.78 is 10.5. The molecule has 0 saturated carbocycles. The molecule has 7 heteroatoms. The van der Waals surface area contributed by atoms with E-state index in [1.807, 2.05) is 72.8 Å². The van der Waals surface area contributed by atoms with Crippen molar-refractivity contribution in [1.82, 2.24) is 0 Å². The molecule has 0 aliphatic carbocycles. The molecular weight excluding hydrogens is 390 g/mol. The van der Waals surface area contributed by atoms with Gasteiger partial charge in [0, 0.05) is 5.69 Å². The van der Waals surface area contributed by atoms with Crippen molar-refractivity contribution in [1.29, 1.82) is 0 Å². The molecule has 156 valence electrons. The predicted octanol–water partition coefficient (Wildman–Crippen LogP) is 4.38. The summed E-state index contributed by atoms with van der Waals surface area (Å²) in [6.07, 6.45) is 0. The first-order valence-electron chi connectivity index (χ1n) is 9.65. The average molecular weight is 413 g/mol. The van der Waals surface area contributed by atoms with Crippen LogP contribution in [-0.4, -0.2) is 26.1 Å². The number of guanidine groups is 2. The number of nitrogens with two attached hydrogens (primary N) is 2. The maximum atomic E-state index is 6.02. The number of fused-ring (bicyclic) bond motifs is 2. The minimum absolute atomic E-state index is 0.0587. The average Bonchev–Trinajstić information content (AvgIpc) is 2.78. The van der Waals surface area contributed by atoms with Gasteiger partial charge in [0.2, 0.25) is 11.9 Å². The highest BCUT2D eigenvalue weighted by atomic mass is 16.5. The molecule has 0 spiro atoms. The van der Waals surface area contributed by atoms with Crippen LogP contribution in [0.2, 0.25) is 0 Å². The Bertz CT molecular complexity index is 1310. The van der Waals surface area contributed by atoms with Crippen LogP contribution in [-0.2, 0) is 0 Å². The van der Waals surface area contributed by atoms with Crippen LogP contribution < -0.4 is 26.3 Å². The zero-order valence-electron chi connectivity index (χ0n) is 17.3. The Morgan fingerprint density at radius 2 is 1.26 bits per heavy atom. The van der Waals surface area contributed by atoms with E-state index in [0.29, 0.717) is 5.69 Å². The van der Waals surface area contributed by atoms with Crippen LogP contribution in [0.3, 0.4) is 0 Å². The van der Waals surface area contributed by atoms with Crippen LogP contribution in [0.1, 0.15) is 0 Å². The molecule has 0 saturated heterocycles. The van der Waals surface area contributed by atoms with E-state index in [2.05, 4.69) is 15.3 Å². The lowest BCUT2D eigenvalue weighted by Gasteiger charge is -2.08. The molecule has 0 aliphatic heterocycles. The fraction of sp³-hybridized carbons (Fsp3) is 0.0833. The lowest BCUT2D eigenvalue weighted by Crippen LogP contribution is -2.26. The van der Waals surface area contributed by atoms with Gasteiger partial charge in [0.25, 0.3) is 0 Å². The van der Waals surface area contributed by atoms with Crippen molar-refractivity contribution < 1.29 is 9.47 Å². The summed E-state index contributed by atoms with van der Waals surface area (Å²) in [5.74, 6) is 1.83. The topological polar surface area (TPSA) is 107 Å². The number of hydrogen-bond acceptors (Lipinski definition) is 3. The number of nitrogens with zero attached hydrogens (tertiary/aromatic N) is 2. The van der Waals surface area contributed by atoms with Gasteiger partial charge < -0.3 is 26.3 Å². The predicted molar refractivity (Wildman–Crippen MR) is 128 cm³/mol. The Hall–Kier alpha value is -4.26. The Kier molecular flexibility index (Phi) is 5.57. The smallest absolute Gasteiger partial charge is 0.223 e. The Morgan fingerprint density at radius 1 is 0.710 bits per heavy atom. The van der Waals surface area contributed by atoms with E-state index < -0.39 is 0 Å². The summed E-state index contributed by atoms with van der Waals surface area (Å²) in [7, 11) is 3.29. The summed E-state index contributed by atoms with van der Waals surface area (Å²) >= 11 is 0. The minimum Gasteiger partial charge on any atom is -0.497 e. The van der Waals surface area contributed by atoms with E-state index in [1.54, 1.807) is 14.2 Å². The largest absolute Gasteiger partial charge is 0.497 e. The Balaban J connectivity index is 1.51. The van der Waals surface area contributed by atoms with Crippen molar-refractivity contribution in [3.8, 4) is 11.5 Å². The molecule has 0 bridgehead atoms. The number of hydrogen-bond donors (Lipinski definition) is 3. The van der Waals surface area contributed by atoms with Crippen molar-refractivity contribution in [3.05, 3.63) is 72.8 Å². The van der Waals surface area contributed by atoms with Gasteiger partial charge in [-0.05, 0) is 70.1 Å². The molecule has 0 aromatic heterocycles. The Labute approximate surface area is 180 Å². The fourth-order valence-corrected chi connectivity index (χ4v) is 3.29. The zero-order valence-corrected chi connectivity index (χ0v) is 17.3. The molecule has 0 atom stereocenters. The second-order valence-corrected chi connectivity index (χ2v) is 6.92. The molecule has 0 radical (unpaired) electrons. The number of aliphatic imine (C=N–C) groups is 2. The first-order valence-corrected chi connectivity index (χ1v) is 9.65. The standard InChI is InChI=1S/C24H23N5O2/c1-30-21-9-5-15-11-19(7-3-17(15)13-21)27-23(25)29-24(26)28-20-8-4-18-14-22(31-2)10-6-16(18)12-20/h3-14H,1-2H3,(H5,25,26,27,28,29). The Morgan fingerprint density at radius 3 is 1.90 bits per heavy atom. The van der Waals surface area contributed by atoms with Crippen molar-refractivity contribution in [2.75, 3.05) is 19.5 Å². The van der Waals surface area contributed by atoms with Gasteiger partial charge in [-0.15, -0.1) is 0 Å². The molecule has 0 aliphatic rings. The van der Waals surface area contributed by atoms with Crippen molar-refractivity contribution in [2.45, 2.75) is 0 Å². The number of rotatable bonds is 4. The van der Waals surface area contributed by atoms with E-state index in [-0.39, 0.29) is 11.9 Å². The number of anilines is 1. The van der Waals surface area contributed by atoms with Gasteiger partial charge in [0.05, 0.1) is 19.9 Å². The van der Waals surface area contributed by atoms with Crippen LogP contribution in [0.4, 0.5) is 11.4 Å². The zero-order chi connectivity index (χ0) is 21.8. The van der Waals surface area contributed by atoms with Gasteiger partial charge in [0.15, 0.2) is 0 Å². The van der Waals surface area contributed by atoms with Gasteiger partial charge in [-0.1, -0.05) is 24.3 Å². The third-order valence-electron chi connectivity index (χ3n) is 4.83. The van der Waals surface area contributed by atoms with Crippen molar-refractivity contribution >= 4 is 44.8 Å². The molecule has 0 heterocycles. The van der Waals surface area contributed by atoms with Crippen LogP contribution in [0, 0.1) is 0 Å². The van der Waals surface area contributed by atoms with Gasteiger partial charge >= 0.3 is 0 Å². The summed E-state index contributed by atoms with van der Waals surface area (Å²) in [5.41, 5.74) is 13.5. The molecule has 0 amide bonds. The van der Waals surface area contributed by atoms with Gasteiger partial charge in [0.1, 0.15) is 11.5 Å². The summed E-state index contributed by atoms with van der Waals surface area (Å²) in [6, 6.07) is 23.3. The third-order valence-corrected chi connectivity index (χ3v) is 4.83. The number of ether oxygens (including phenoxy) is 2. The second kappa shape index (κ2) is 8.62. The molecule has 7 nitrogen and oxygen atoms in total. The molecule has 4 rings (SSSR count). The molecule has 5 N–H and O–H groups in total. The molecule has 0 fully saturated rings. The summed E-state index contributed by atoms with van der Waals surface area (Å²) in [5, 5.41) is 7.23. The summed E-state index contributed by atoms with van der Waals surface area (Å²) in [6.45, 7) is 0. The van der Waals surface area contributed by atoms with Crippen LogP contribution >= 0.6 is 0 Å². The number of benzene rings is 4. The normalized spacial score (nSPS) is 12.2. The number of nitrogens with one attached hydrogen (secondary N) is 1. The first kappa shape index (κ1) is 20.0. The minimum atomic E-state index is 0.0587. The number of methoxy groups -OCH3 is 2. The highest BCUT2D eigenvalue weighted by Gasteiger charge is 2.02. The van der Waals surface area contributed by atoms with E-state index in [1.165, 1.54) is 0 Å². The first-order chi connectivity index (χ1) is 15.0. The molecule has 4 aromatic rings. The third kappa shape index (κ3) is 4.67. The van der Waals surface area contributed by atoms with Gasteiger partial charge in [-0.25, -0.2) is 4.99 Å². The van der Waals surface area contributed by atoms with Gasteiger partial charge in [-0.2, -0.15) is 4.99 Å². The summed E-state index contributed by atoms with van der Waals surface area (Å²) in [4.78, 5) is 8.50. The SMILES string of the molecule is COc1ccc2cc(N=C(N)/N=C(\N)Nc3ccc4cc(OC)ccc4c3)ccc2c1. The molecule has 0 unspecified atom stereocenters. The van der Waals surface area contributed by atoms with Crippen molar-refractivity contribution in [2.24, 2.45) is 21.5 Å². The van der Waals surface area contributed by atoms with Gasteiger partial charge in [-0.3, -0.25) is 0 Å². The maximum absolute atomic E-state index is 6.02. The van der Waals surface area contributed by atoms with Crippen LogP contribution in [0.15, 0.2) is 82.8 Å². The van der Waals surface area contributed by atoms with E-state index in [0.717, 1.165) is 38.7 Å². The lowest BCUT2D eigenvalue weighted by molar-refractivity contribution is 0.415. The lowest BCUT2D eigenvalue weighted by atomic mass is 10.1. The van der Waals surface area contributed by atoms with E-state index >= 15 is 0 Å². The molecule has 31 heavy (non-hydrogen) atoms. The maximum Gasteiger partial charge on any atom is 0.223 e. The van der Waals surface area contributed by atoms with Crippen LogP contribution in [0.25, 0.3) is 21.5 Å². The molecular formula is C24H23N5O2. The second-order valence-electron chi connectivity index (χ2n) is 6.92. The van der Waals surface area contributed by atoms with Crippen molar-refractivity contribution in [3.63, 3.8) is 0 Å². The highest BCUT2D eigenvalue weighted by molar-refractivity contribution is 6.02. The monoisotopic (exact) mass is 413 g/mol. The highest BCUT2D eigenvalue weighted by Crippen LogP contribution is 2.25.